The van der Waals surface area contributed by atoms with Gasteiger partial charge in [-0.3, -0.25) is 0 Å². The standard InChI is InChI=1S/C30H43FN6S/c1-22-17-23(2)20-37(19-22)27-18-26(36-15-7-4-8-16-36)33-28(34-27)35-29(38)32-21-30(13-5-3-6-14-30)24-9-11-25(31)12-10-24/h9-12,18,22-23H,3-8,13-17,19-21H2,1-2H3,(H2,32,33,34,35,38)/t22-,23-/m1/s1. The Kier molecular flexibility index (Phi) is 8.66. The van der Waals surface area contributed by atoms with Gasteiger partial charge in [0.2, 0.25) is 5.95 Å². The summed E-state index contributed by atoms with van der Waals surface area (Å²) in [5.74, 6) is 3.63. The average molecular weight is 539 g/mol. The highest BCUT2D eigenvalue weighted by Gasteiger charge is 2.34. The van der Waals surface area contributed by atoms with Gasteiger partial charge in [0.1, 0.15) is 17.5 Å². The Hall–Kier alpha value is -2.48. The summed E-state index contributed by atoms with van der Waals surface area (Å²) in [5, 5.41) is 7.35. The molecular formula is C30H43FN6S. The predicted octanol–water partition coefficient (Wildman–Crippen LogP) is 6.28. The van der Waals surface area contributed by atoms with Gasteiger partial charge in [-0.2, -0.15) is 9.97 Å². The molecule has 2 saturated heterocycles. The van der Waals surface area contributed by atoms with Crippen LogP contribution in [0.2, 0.25) is 0 Å². The number of hydrogen-bond acceptors (Lipinski definition) is 5. The highest BCUT2D eigenvalue weighted by molar-refractivity contribution is 7.80. The molecule has 0 bridgehead atoms. The zero-order chi connectivity index (χ0) is 26.5. The molecule has 2 atom stereocenters. The number of anilines is 3. The van der Waals surface area contributed by atoms with Crippen LogP contribution in [0.1, 0.15) is 77.2 Å². The third-order valence-corrected chi connectivity index (χ3v) is 8.90. The monoisotopic (exact) mass is 538 g/mol. The van der Waals surface area contributed by atoms with Gasteiger partial charge in [0, 0.05) is 44.2 Å². The van der Waals surface area contributed by atoms with E-state index in [0.717, 1.165) is 50.7 Å². The number of hydrogen-bond donors (Lipinski definition) is 2. The van der Waals surface area contributed by atoms with Crippen molar-refractivity contribution in [2.45, 2.75) is 77.0 Å². The number of aromatic nitrogens is 2. The molecule has 0 amide bonds. The molecule has 1 aliphatic carbocycles. The zero-order valence-corrected chi connectivity index (χ0v) is 23.8. The van der Waals surface area contributed by atoms with Gasteiger partial charge in [0.15, 0.2) is 5.11 Å². The molecule has 0 spiro atoms. The van der Waals surface area contributed by atoms with E-state index in [-0.39, 0.29) is 11.2 Å². The minimum atomic E-state index is -0.191. The van der Waals surface area contributed by atoms with E-state index in [1.165, 1.54) is 50.5 Å². The van der Waals surface area contributed by atoms with Crippen molar-refractivity contribution in [3.63, 3.8) is 0 Å². The molecule has 1 saturated carbocycles. The molecule has 1 aromatic carbocycles. The van der Waals surface area contributed by atoms with Gasteiger partial charge >= 0.3 is 0 Å². The maximum Gasteiger partial charge on any atom is 0.232 e. The maximum absolute atomic E-state index is 13.6. The fourth-order valence-corrected chi connectivity index (χ4v) is 6.93. The Morgan fingerprint density at radius 3 is 2.18 bits per heavy atom. The van der Waals surface area contributed by atoms with Crippen LogP contribution >= 0.6 is 12.2 Å². The lowest BCUT2D eigenvalue weighted by atomic mass is 9.69. The van der Waals surface area contributed by atoms with Crippen LogP contribution in [-0.2, 0) is 5.41 Å². The SMILES string of the molecule is C[C@@H]1C[C@@H](C)CN(c2cc(N3CCCCC3)nc(NC(=S)NCC3(c4ccc(F)cc4)CCCCC3)n2)C1. The number of rotatable bonds is 6. The second-order valence-corrected chi connectivity index (χ2v) is 12.4. The molecule has 0 unspecified atom stereocenters. The topological polar surface area (TPSA) is 56.3 Å². The first-order valence-corrected chi connectivity index (χ1v) is 15.0. The number of piperidine rings is 2. The summed E-state index contributed by atoms with van der Waals surface area (Å²) in [5.41, 5.74) is 1.15. The van der Waals surface area contributed by atoms with Gasteiger partial charge < -0.3 is 20.4 Å². The summed E-state index contributed by atoms with van der Waals surface area (Å²) in [4.78, 5) is 14.7. The van der Waals surface area contributed by atoms with Crippen molar-refractivity contribution in [1.82, 2.24) is 15.3 Å². The van der Waals surface area contributed by atoms with Crippen LogP contribution in [0.15, 0.2) is 30.3 Å². The van der Waals surface area contributed by atoms with E-state index in [9.17, 15) is 4.39 Å². The third-order valence-electron chi connectivity index (χ3n) is 8.65. The van der Waals surface area contributed by atoms with Crippen LogP contribution in [0.4, 0.5) is 22.0 Å². The van der Waals surface area contributed by atoms with Crippen LogP contribution in [-0.4, -0.2) is 47.8 Å². The molecule has 8 heteroatoms. The van der Waals surface area contributed by atoms with Crippen molar-refractivity contribution in [1.29, 1.82) is 0 Å². The van der Waals surface area contributed by atoms with Crippen molar-refractivity contribution in [2.24, 2.45) is 11.8 Å². The summed E-state index contributed by atoms with van der Waals surface area (Å²) < 4.78 is 13.6. The van der Waals surface area contributed by atoms with E-state index in [0.29, 0.717) is 29.4 Å². The molecule has 0 radical (unpaired) electrons. The summed E-state index contributed by atoms with van der Waals surface area (Å²) >= 11 is 5.77. The second kappa shape index (κ2) is 12.1. The lowest BCUT2D eigenvalue weighted by molar-refractivity contribution is 0.292. The zero-order valence-electron chi connectivity index (χ0n) is 23.0. The van der Waals surface area contributed by atoms with Crippen molar-refractivity contribution in [3.05, 3.63) is 41.7 Å². The molecule has 3 aliphatic rings. The van der Waals surface area contributed by atoms with E-state index < -0.39 is 0 Å². The predicted molar refractivity (Wildman–Crippen MR) is 159 cm³/mol. The number of nitrogens with one attached hydrogen (secondary N) is 2. The van der Waals surface area contributed by atoms with Crippen LogP contribution in [0, 0.1) is 17.7 Å². The van der Waals surface area contributed by atoms with E-state index in [1.54, 1.807) is 12.1 Å². The minimum absolute atomic E-state index is 0.0422. The average Bonchev–Trinajstić information content (AvgIpc) is 2.92. The Morgan fingerprint density at radius 2 is 1.53 bits per heavy atom. The highest BCUT2D eigenvalue weighted by atomic mass is 32.1. The molecule has 38 heavy (non-hydrogen) atoms. The normalized spacial score (nSPS) is 23.7. The lowest BCUT2D eigenvalue weighted by Gasteiger charge is -2.38. The highest BCUT2D eigenvalue weighted by Crippen LogP contribution is 2.39. The van der Waals surface area contributed by atoms with Gasteiger partial charge in [-0.05, 0) is 80.3 Å². The van der Waals surface area contributed by atoms with Gasteiger partial charge in [0.25, 0.3) is 0 Å². The number of benzene rings is 1. The fraction of sp³-hybridized carbons (Fsp3) is 0.633. The van der Waals surface area contributed by atoms with Gasteiger partial charge in [-0.25, -0.2) is 4.39 Å². The molecule has 206 valence electrons. The van der Waals surface area contributed by atoms with Crippen LogP contribution in [0.5, 0.6) is 0 Å². The van der Waals surface area contributed by atoms with Crippen LogP contribution in [0.25, 0.3) is 0 Å². The molecule has 5 rings (SSSR count). The van der Waals surface area contributed by atoms with E-state index in [1.807, 2.05) is 12.1 Å². The fourth-order valence-electron chi connectivity index (χ4n) is 6.77. The Labute approximate surface area is 232 Å². The quantitative estimate of drug-likeness (QED) is 0.420. The third kappa shape index (κ3) is 6.56. The smallest absolute Gasteiger partial charge is 0.232 e. The number of nitrogens with zero attached hydrogens (tertiary/aromatic N) is 4. The van der Waals surface area contributed by atoms with Gasteiger partial charge in [-0.1, -0.05) is 45.2 Å². The van der Waals surface area contributed by atoms with E-state index in [4.69, 9.17) is 22.2 Å². The van der Waals surface area contributed by atoms with Crippen molar-refractivity contribution in [3.8, 4) is 0 Å². The van der Waals surface area contributed by atoms with Crippen LogP contribution < -0.4 is 20.4 Å². The molecule has 2 aliphatic heterocycles. The van der Waals surface area contributed by atoms with Crippen molar-refractivity contribution >= 4 is 34.9 Å². The molecule has 6 nitrogen and oxygen atoms in total. The summed E-state index contributed by atoms with van der Waals surface area (Å²) in [7, 11) is 0. The lowest BCUT2D eigenvalue weighted by Crippen LogP contribution is -2.44. The summed E-state index contributed by atoms with van der Waals surface area (Å²) in [6.07, 6.45) is 10.7. The maximum atomic E-state index is 13.6. The minimum Gasteiger partial charge on any atom is -0.361 e. The molecular weight excluding hydrogens is 495 g/mol. The first-order valence-electron chi connectivity index (χ1n) is 14.6. The molecule has 1 aromatic heterocycles. The molecule has 3 heterocycles. The molecule has 2 N–H and O–H groups in total. The van der Waals surface area contributed by atoms with Gasteiger partial charge in [-0.15, -0.1) is 0 Å². The second-order valence-electron chi connectivity index (χ2n) is 12.0. The van der Waals surface area contributed by atoms with E-state index in [2.05, 4.69) is 40.3 Å². The Bertz CT molecular complexity index is 1070. The molecule has 2 aromatic rings. The Morgan fingerprint density at radius 1 is 0.921 bits per heavy atom. The summed E-state index contributed by atoms with van der Waals surface area (Å²) in [6, 6.07) is 9.20. The summed E-state index contributed by atoms with van der Waals surface area (Å²) in [6.45, 7) is 9.47. The largest absolute Gasteiger partial charge is 0.361 e. The number of thiocarbonyl (C=S) groups is 1. The van der Waals surface area contributed by atoms with Crippen molar-refractivity contribution < 1.29 is 4.39 Å². The van der Waals surface area contributed by atoms with Crippen LogP contribution in [0.3, 0.4) is 0 Å². The number of halogens is 1. The van der Waals surface area contributed by atoms with Gasteiger partial charge in [0.05, 0.1) is 0 Å². The Balaban J connectivity index is 1.33. The first kappa shape index (κ1) is 27.1. The van der Waals surface area contributed by atoms with E-state index >= 15 is 0 Å². The van der Waals surface area contributed by atoms with Crippen molar-refractivity contribution in [2.75, 3.05) is 47.8 Å². The first-order chi connectivity index (χ1) is 18.4. The molecule has 3 fully saturated rings.